The lowest BCUT2D eigenvalue weighted by Gasteiger charge is -2.46. The summed E-state index contributed by atoms with van der Waals surface area (Å²) < 4.78 is 16.4. The van der Waals surface area contributed by atoms with Crippen LogP contribution in [0.1, 0.15) is 0 Å². The Kier molecular flexibility index (Phi) is 12.1. The number of nitrogens with zero attached hydrogens (tertiary/aromatic N) is 3. The van der Waals surface area contributed by atoms with Gasteiger partial charge in [0.2, 0.25) is 0 Å². The molecule has 96 heavy (non-hydrogen) atoms. The second-order valence-electron chi connectivity index (χ2n) is 25.3. The Morgan fingerprint density at radius 2 is 0.573 bits per heavy atom. The van der Waals surface area contributed by atoms with Crippen LogP contribution in [0.3, 0.4) is 0 Å². The van der Waals surface area contributed by atoms with Crippen molar-refractivity contribution in [1.29, 1.82) is 0 Å². The molecule has 5 heterocycles. The van der Waals surface area contributed by atoms with Gasteiger partial charge in [-0.15, -0.1) is 0 Å². The SMILES string of the molecule is c1ccc(-c2cccc(-c3ccccc3)c2N2c3ccc(-c4cccc5c4oc4ccccc45)cc3B3c4cc(-c5cccc6c5oc5ccccc56)ccc4N(c4c(-c5ccccc5)cccc4-c4ccccc4)c4cc(-n5c6ccccc6c6ccccc65)cc2c43)cc1. The molecule has 0 N–H and O–H groups in total. The molecule has 0 fully saturated rings. The van der Waals surface area contributed by atoms with Crippen molar-refractivity contribution in [2.45, 2.75) is 0 Å². The molecule has 15 aromatic carbocycles. The minimum absolute atomic E-state index is 0.336. The lowest BCUT2D eigenvalue weighted by molar-refractivity contribution is 0.669. The van der Waals surface area contributed by atoms with E-state index in [1.54, 1.807) is 0 Å². The van der Waals surface area contributed by atoms with E-state index in [1.807, 2.05) is 0 Å². The molecule has 5 nitrogen and oxygen atoms in total. The van der Waals surface area contributed by atoms with Crippen molar-refractivity contribution in [2.75, 3.05) is 9.80 Å². The molecule has 6 heteroatoms. The first-order chi connectivity index (χ1) is 47.7. The van der Waals surface area contributed by atoms with E-state index in [4.69, 9.17) is 8.83 Å². The lowest BCUT2D eigenvalue weighted by Crippen LogP contribution is -2.61. The highest BCUT2D eigenvalue weighted by Gasteiger charge is 2.46. The Morgan fingerprint density at radius 3 is 0.979 bits per heavy atom. The number of anilines is 6. The molecule has 0 radical (unpaired) electrons. The summed E-state index contributed by atoms with van der Waals surface area (Å²) in [5.74, 6) is 0. The molecule has 18 aromatic rings. The smallest absolute Gasteiger partial charge is 0.252 e. The zero-order valence-electron chi connectivity index (χ0n) is 52.1. The number of rotatable bonds is 9. The maximum atomic E-state index is 6.96. The monoisotopic (exact) mass is 1220 g/mol. The third-order valence-corrected chi connectivity index (χ3v) is 20.2. The van der Waals surface area contributed by atoms with Crippen LogP contribution in [-0.2, 0) is 0 Å². The first-order valence-corrected chi connectivity index (χ1v) is 33.0. The van der Waals surface area contributed by atoms with Crippen LogP contribution < -0.4 is 26.2 Å². The van der Waals surface area contributed by atoms with Crippen LogP contribution in [0.5, 0.6) is 0 Å². The zero-order chi connectivity index (χ0) is 63.0. The largest absolute Gasteiger partial charge is 0.455 e. The summed E-state index contributed by atoms with van der Waals surface area (Å²) in [4.78, 5) is 5.28. The van der Waals surface area contributed by atoms with Crippen molar-refractivity contribution in [3.8, 4) is 72.4 Å². The lowest BCUT2D eigenvalue weighted by atomic mass is 9.33. The minimum atomic E-state index is -0.336. The molecule has 0 aliphatic carbocycles. The molecule has 0 atom stereocenters. The van der Waals surface area contributed by atoms with E-state index in [2.05, 4.69) is 354 Å². The van der Waals surface area contributed by atoms with Gasteiger partial charge >= 0.3 is 0 Å². The Hall–Kier alpha value is -12.6. The van der Waals surface area contributed by atoms with Crippen molar-refractivity contribution < 1.29 is 8.83 Å². The molecule has 2 aliphatic rings. The summed E-state index contributed by atoms with van der Waals surface area (Å²) in [6.07, 6.45) is 0. The summed E-state index contributed by atoms with van der Waals surface area (Å²) in [6.45, 7) is -0.336. The fraction of sp³-hybridized carbons (Fsp3) is 0. The van der Waals surface area contributed by atoms with Gasteiger partial charge in [0.05, 0.1) is 28.1 Å². The average molecular weight is 1220 g/mol. The Labute approximate surface area is 554 Å². The van der Waals surface area contributed by atoms with E-state index >= 15 is 0 Å². The summed E-state index contributed by atoms with van der Waals surface area (Å²) >= 11 is 0. The highest BCUT2D eigenvalue weighted by Crippen LogP contribution is 2.54. The van der Waals surface area contributed by atoms with Gasteiger partial charge in [-0.25, -0.2) is 0 Å². The first-order valence-electron chi connectivity index (χ1n) is 33.0. The van der Waals surface area contributed by atoms with Crippen molar-refractivity contribution >= 4 is 123 Å². The number of benzene rings is 15. The summed E-state index contributed by atoms with van der Waals surface area (Å²) in [5.41, 5.74) is 29.9. The van der Waals surface area contributed by atoms with Crippen molar-refractivity contribution in [2.24, 2.45) is 0 Å². The molecule has 0 unspecified atom stereocenters. The highest BCUT2D eigenvalue weighted by molar-refractivity contribution is 7.00. The molecule has 0 spiro atoms. The number of hydrogen-bond acceptors (Lipinski definition) is 4. The summed E-state index contributed by atoms with van der Waals surface area (Å²) in [6, 6.07) is 125. The van der Waals surface area contributed by atoms with Gasteiger partial charge in [-0.2, -0.15) is 0 Å². The van der Waals surface area contributed by atoms with E-state index in [1.165, 1.54) is 27.2 Å². The summed E-state index contributed by atoms with van der Waals surface area (Å²) in [5, 5.41) is 6.77. The van der Waals surface area contributed by atoms with Crippen molar-refractivity contribution in [3.05, 3.63) is 340 Å². The van der Waals surface area contributed by atoms with Crippen molar-refractivity contribution in [1.82, 2.24) is 4.57 Å². The minimum Gasteiger partial charge on any atom is -0.455 e. The van der Waals surface area contributed by atoms with Gasteiger partial charge in [0.25, 0.3) is 6.71 Å². The second kappa shape index (κ2) is 21.5. The molecule has 0 bridgehead atoms. The van der Waals surface area contributed by atoms with Crippen LogP contribution in [0.25, 0.3) is 138 Å². The van der Waals surface area contributed by atoms with E-state index in [0.717, 1.165) is 161 Å². The number of furan rings is 2. The van der Waals surface area contributed by atoms with Crippen LogP contribution in [-0.4, -0.2) is 11.3 Å². The molecule has 0 saturated heterocycles. The van der Waals surface area contributed by atoms with Gasteiger partial charge < -0.3 is 23.2 Å². The van der Waals surface area contributed by atoms with Gasteiger partial charge in [-0.3, -0.25) is 0 Å². The van der Waals surface area contributed by atoms with Crippen molar-refractivity contribution in [3.63, 3.8) is 0 Å². The van der Waals surface area contributed by atoms with E-state index in [-0.39, 0.29) is 6.71 Å². The third kappa shape index (κ3) is 8.19. The highest BCUT2D eigenvalue weighted by atomic mass is 16.3. The maximum absolute atomic E-state index is 6.96. The van der Waals surface area contributed by atoms with Gasteiger partial charge in [-0.1, -0.05) is 291 Å². The number of fused-ring (bicyclic) bond motifs is 13. The number of para-hydroxylation sites is 8. The topological polar surface area (TPSA) is 37.7 Å². The quantitative estimate of drug-likeness (QED) is 0.135. The normalized spacial score (nSPS) is 12.5. The second-order valence-corrected chi connectivity index (χ2v) is 25.3. The third-order valence-electron chi connectivity index (χ3n) is 20.2. The number of aromatic nitrogens is 1. The van der Waals surface area contributed by atoms with E-state index < -0.39 is 0 Å². The van der Waals surface area contributed by atoms with Crippen LogP contribution in [0.4, 0.5) is 34.1 Å². The average Bonchev–Trinajstić information content (AvgIpc) is 0.962. The fourth-order valence-electron chi connectivity index (χ4n) is 16.1. The molecule has 20 rings (SSSR count). The van der Waals surface area contributed by atoms with Gasteiger partial charge in [0, 0.05) is 88.4 Å². The van der Waals surface area contributed by atoms with Crippen LogP contribution >= 0.6 is 0 Å². The van der Waals surface area contributed by atoms with Gasteiger partial charge in [0.15, 0.2) is 0 Å². The first kappa shape index (κ1) is 54.0. The fourth-order valence-corrected chi connectivity index (χ4v) is 16.1. The predicted octanol–water partition coefficient (Wildman–Crippen LogP) is 22.7. The molecule has 0 saturated carbocycles. The zero-order valence-corrected chi connectivity index (χ0v) is 52.1. The summed E-state index contributed by atoms with van der Waals surface area (Å²) in [7, 11) is 0. The number of hydrogen-bond donors (Lipinski definition) is 0. The maximum Gasteiger partial charge on any atom is 0.252 e. The Balaban J connectivity index is 0.980. The van der Waals surface area contributed by atoms with Crippen LogP contribution in [0.2, 0.25) is 0 Å². The van der Waals surface area contributed by atoms with E-state index in [9.17, 15) is 0 Å². The Morgan fingerprint density at radius 1 is 0.240 bits per heavy atom. The molecule has 0 amide bonds. The predicted molar refractivity (Wildman–Crippen MR) is 402 cm³/mol. The van der Waals surface area contributed by atoms with Gasteiger partial charge in [0.1, 0.15) is 22.3 Å². The van der Waals surface area contributed by atoms with Crippen LogP contribution in [0.15, 0.2) is 349 Å². The van der Waals surface area contributed by atoms with Gasteiger partial charge in [-0.05, 0) is 98.3 Å². The molecular weight excluding hydrogens is 1170 g/mol. The Bertz CT molecular complexity index is 5680. The molecular formula is C90H56BN3O2. The molecule has 446 valence electrons. The van der Waals surface area contributed by atoms with E-state index in [0.29, 0.717) is 0 Å². The standard InChI is InChI=1S/C90H56BN3O2/c1-5-25-57(26-6-1)64-37-21-38-65(58-27-7-2-8-28-58)87(64)93-80-51-49-61(68-41-23-43-74-72-35-15-19-47-84(72)95-89(68)74)53-76(80)91-77-54-62(69-42-24-44-75-73-36-16-20-48-85(73)96-90(69)75)50-52-81(77)94(88-66(59-29-9-3-10-30-59)39-22-40-67(88)60-31-11-4-12-32-60)83-56-63(55-82(93)86(83)91)92-78-45-17-13-33-70(78)71-34-14-18-46-79(71)92/h1-56H. The molecule has 3 aromatic heterocycles. The van der Waals surface area contributed by atoms with Crippen LogP contribution in [0, 0.1) is 0 Å². The molecule has 2 aliphatic heterocycles.